The molecule has 66 valence electrons. The number of nitriles is 1. The van der Waals surface area contributed by atoms with Crippen molar-refractivity contribution in [1.29, 1.82) is 5.26 Å². The van der Waals surface area contributed by atoms with Gasteiger partial charge in [0, 0.05) is 5.02 Å². The Morgan fingerprint density at radius 1 is 1.38 bits per heavy atom. The molecule has 13 heavy (non-hydrogen) atoms. The van der Waals surface area contributed by atoms with Crippen molar-refractivity contribution in [3.63, 3.8) is 0 Å². The largest absolute Gasteiger partial charge is 0.198 e. The van der Waals surface area contributed by atoms with Crippen LogP contribution in [0.4, 0.5) is 0 Å². The van der Waals surface area contributed by atoms with Gasteiger partial charge in [-0.2, -0.15) is 5.26 Å². The molecule has 1 aliphatic rings. The van der Waals surface area contributed by atoms with E-state index in [9.17, 15) is 0 Å². The SMILES string of the molecule is N#CCc1cc(Cl)c2c(c1)CCC2. The average molecular weight is 192 g/mol. The average Bonchev–Trinajstić information content (AvgIpc) is 2.53. The number of rotatable bonds is 1. The lowest BCUT2D eigenvalue weighted by atomic mass is 10.0. The lowest BCUT2D eigenvalue weighted by Gasteiger charge is -2.04. The van der Waals surface area contributed by atoms with E-state index in [2.05, 4.69) is 12.1 Å². The van der Waals surface area contributed by atoms with Crippen LogP contribution in [0, 0.1) is 11.3 Å². The van der Waals surface area contributed by atoms with Crippen molar-refractivity contribution in [3.8, 4) is 6.07 Å². The van der Waals surface area contributed by atoms with Crippen molar-refractivity contribution in [2.75, 3.05) is 0 Å². The monoisotopic (exact) mass is 191 g/mol. The highest BCUT2D eigenvalue weighted by molar-refractivity contribution is 6.31. The van der Waals surface area contributed by atoms with Gasteiger partial charge in [-0.1, -0.05) is 17.7 Å². The first kappa shape index (κ1) is 8.59. The van der Waals surface area contributed by atoms with Crippen LogP contribution in [0.15, 0.2) is 12.1 Å². The maximum atomic E-state index is 8.57. The number of benzene rings is 1. The number of aryl methyl sites for hydroxylation is 1. The summed E-state index contributed by atoms with van der Waals surface area (Å²) in [5, 5.41) is 9.41. The van der Waals surface area contributed by atoms with Gasteiger partial charge in [0.05, 0.1) is 12.5 Å². The fourth-order valence-electron chi connectivity index (χ4n) is 1.91. The van der Waals surface area contributed by atoms with Crippen molar-refractivity contribution >= 4 is 11.6 Å². The molecule has 0 amide bonds. The highest BCUT2D eigenvalue weighted by Crippen LogP contribution is 2.30. The number of hydrogen-bond acceptors (Lipinski definition) is 1. The van der Waals surface area contributed by atoms with E-state index in [0.717, 1.165) is 23.4 Å². The first-order valence-corrected chi connectivity index (χ1v) is 4.86. The zero-order valence-corrected chi connectivity index (χ0v) is 8.06. The quantitative estimate of drug-likeness (QED) is 0.670. The molecular weight excluding hydrogens is 182 g/mol. The second-order valence-electron chi connectivity index (χ2n) is 3.40. The van der Waals surface area contributed by atoms with Crippen LogP contribution in [0.3, 0.4) is 0 Å². The third-order valence-electron chi connectivity index (χ3n) is 2.50. The highest BCUT2D eigenvalue weighted by Gasteiger charge is 2.14. The van der Waals surface area contributed by atoms with Crippen LogP contribution < -0.4 is 0 Å². The predicted octanol–water partition coefficient (Wildman–Crippen LogP) is 2.89. The van der Waals surface area contributed by atoms with E-state index in [1.807, 2.05) is 6.07 Å². The Morgan fingerprint density at radius 3 is 3.00 bits per heavy atom. The van der Waals surface area contributed by atoms with E-state index >= 15 is 0 Å². The highest BCUT2D eigenvalue weighted by atomic mass is 35.5. The molecule has 0 heterocycles. The molecule has 0 aromatic heterocycles. The molecule has 0 radical (unpaired) electrons. The minimum atomic E-state index is 0.465. The van der Waals surface area contributed by atoms with Crippen LogP contribution in [0.1, 0.15) is 23.1 Å². The minimum absolute atomic E-state index is 0.465. The molecule has 2 heteroatoms. The van der Waals surface area contributed by atoms with E-state index in [0.29, 0.717) is 6.42 Å². The normalized spacial score (nSPS) is 13.8. The van der Waals surface area contributed by atoms with E-state index in [-0.39, 0.29) is 0 Å². The van der Waals surface area contributed by atoms with E-state index < -0.39 is 0 Å². The summed E-state index contributed by atoms with van der Waals surface area (Å²) < 4.78 is 0. The van der Waals surface area contributed by atoms with Gasteiger partial charge < -0.3 is 0 Å². The van der Waals surface area contributed by atoms with E-state index in [1.54, 1.807) is 0 Å². The molecule has 0 aliphatic heterocycles. The first-order chi connectivity index (χ1) is 6.31. The van der Waals surface area contributed by atoms with Crippen LogP contribution >= 0.6 is 11.6 Å². The fraction of sp³-hybridized carbons (Fsp3) is 0.364. The first-order valence-electron chi connectivity index (χ1n) is 4.48. The summed E-state index contributed by atoms with van der Waals surface area (Å²) in [6, 6.07) is 6.19. The molecule has 0 saturated heterocycles. The van der Waals surface area contributed by atoms with Gasteiger partial charge in [0.25, 0.3) is 0 Å². The number of nitrogens with zero attached hydrogens (tertiary/aromatic N) is 1. The summed E-state index contributed by atoms with van der Waals surface area (Å²) in [7, 11) is 0. The van der Waals surface area contributed by atoms with Gasteiger partial charge in [0.15, 0.2) is 0 Å². The molecule has 0 spiro atoms. The van der Waals surface area contributed by atoms with Crippen molar-refractivity contribution in [2.45, 2.75) is 25.7 Å². The van der Waals surface area contributed by atoms with Crippen molar-refractivity contribution in [1.82, 2.24) is 0 Å². The Balaban J connectivity index is 2.44. The molecule has 2 rings (SSSR count). The van der Waals surface area contributed by atoms with Crippen molar-refractivity contribution in [2.24, 2.45) is 0 Å². The van der Waals surface area contributed by atoms with E-state index in [4.69, 9.17) is 16.9 Å². The summed E-state index contributed by atoms with van der Waals surface area (Å²) in [4.78, 5) is 0. The summed E-state index contributed by atoms with van der Waals surface area (Å²) >= 11 is 6.10. The summed E-state index contributed by atoms with van der Waals surface area (Å²) in [5.74, 6) is 0. The molecule has 1 nitrogen and oxygen atoms in total. The van der Waals surface area contributed by atoms with Crippen LogP contribution in [-0.4, -0.2) is 0 Å². The van der Waals surface area contributed by atoms with Gasteiger partial charge in [-0.25, -0.2) is 0 Å². The molecule has 0 N–H and O–H groups in total. The predicted molar refractivity (Wildman–Crippen MR) is 52.8 cm³/mol. The van der Waals surface area contributed by atoms with Gasteiger partial charge in [-0.3, -0.25) is 0 Å². The molecule has 0 bridgehead atoms. The Morgan fingerprint density at radius 2 is 2.23 bits per heavy atom. The topological polar surface area (TPSA) is 23.8 Å². The molecule has 0 unspecified atom stereocenters. The molecule has 1 aromatic carbocycles. The number of hydrogen-bond donors (Lipinski definition) is 0. The van der Waals surface area contributed by atoms with Crippen LogP contribution in [0.2, 0.25) is 5.02 Å². The van der Waals surface area contributed by atoms with E-state index in [1.165, 1.54) is 17.5 Å². The Hall–Kier alpha value is -1.00. The van der Waals surface area contributed by atoms with Crippen LogP contribution in [-0.2, 0) is 19.3 Å². The molecule has 1 aliphatic carbocycles. The molecule has 0 saturated carbocycles. The van der Waals surface area contributed by atoms with Crippen LogP contribution in [0.5, 0.6) is 0 Å². The summed E-state index contributed by atoms with van der Waals surface area (Å²) in [6.07, 6.45) is 3.88. The Bertz CT molecular complexity index is 376. The van der Waals surface area contributed by atoms with Crippen molar-refractivity contribution in [3.05, 3.63) is 33.8 Å². The Labute approximate surface area is 82.9 Å². The van der Waals surface area contributed by atoms with Gasteiger partial charge in [0.2, 0.25) is 0 Å². The molecule has 0 fully saturated rings. The van der Waals surface area contributed by atoms with Crippen molar-refractivity contribution < 1.29 is 0 Å². The standard InChI is InChI=1S/C11H10ClN/c12-11-7-8(4-5-13)6-9-2-1-3-10(9)11/h6-7H,1-4H2. The third kappa shape index (κ3) is 1.55. The third-order valence-corrected chi connectivity index (χ3v) is 2.84. The second-order valence-corrected chi connectivity index (χ2v) is 3.81. The number of fused-ring (bicyclic) bond motifs is 1. The molecular formula is C11H10ClN. The van der Waals surface area contributed by atoms with Gasteiger partial charge >= 0.3 is 0 Å². The Kier molecular flexibility index (Phi) is 2.24. The summed E-state index contributed by atoms with van der Waals surface area (Å²) in [6.45, 7) is 0. The lowest BCUT2D eigenvalue weighted by Crippen LogP contribution is -1.89. The molecule has 0 atom stereocenters. The van der Waals surface area contributed by atoms with Crippen LogP contribution in [0.25, 0.3) is 0 Å². The van der Waals surface area contributed by atoms with Gasteiger partial charge in [-0.15, -0.1) is 0 Å². The zero-order valence-electron chi connectivity index (χ0n) is 7.31. The molecule has 1 aromatic rings. The summed E-state index contributed by atoms with van der Waals surface area (Å²) in [5.41, 5.74) is 3.69. The zero-order chi connectivity index (χ0) is 9.26. The second kappa shape index (κ2) is 3.40. The maximum Gasteiger partial charge on any atom is 0.0669 e. The minimum Gasteiger partial charge on any atom is -0.198 e. The van der Waals surface area contributed by atoms with Gasteiger partial charge in [-0.05, 0) is 42.0 Å². The van der Waals surface area contributed by atoms with Gasteiger partial charge in [0.1, 0.15) is 0 Å². The lowest BCUT2D eigenvalue weighted by molar-refractivity contribution is 0.911. The fourth-order valence-corrected chi connectivity index (χ4v) is 2.26. The smallest absolute Gasteiger partial charge is 0.0669 e. The number of halogens is 1. The maximum absolute atomic E-state index is 8.57.